The average Bonchev–Trinajstić information content (AvgIpc) is 2.63. The van der Waals surface area contributed by atoms with Crippen LogP contribution in [0.2, 0.25) is 0 Å². The number of rotatable bonds is 4. The molecule has 2 N–H and O–H groups in total. The number of carbonyl (C=O) groups is 2. The summed E-state index contributed by atoms with van der Waals surface area (Å²) in [5.41, 5.74) is 0.756. The van der Waals surface area contributed by atoms with Gasteiger partial charge in [0.2, 0.25) is 0 Å². The first-order valence-corrected chi connectivity index (χ1v) is 7.61. The fraction of sp³-hybridized carbons (Fsp3) is 0. The van der Waals surface area contributed by atoms with E-state index < -0.39 is 23.4 Å². The van der Waals surface area contributed by atoms with E-state index in [1.807, 2.05) is 0 Å². The van der Waals surface area contributed by atoms with E-state index >= 15 is 0 Å². The van der Waals surface area contributed by atoms with Crippen molar-refractivity contribution in [3.63, 3.8) is 0 Å². The van der Waals surface area contributed by atoms with Gasteiger partial charge in [0.1, 0.15) is 11.6 Å². The zero-order valence-corrected chi connectivity index (χ0v) is 13.4. The van der Waals surface area contributed by atoms with Gasteiger partial charge in [0.15, 0.2) is 0 Å². The second kappa shape index (κ2) is 7.52. The maximum atomic E-state index is 13.3. The van der Waals surface area contributed by atoms with Crippen LogP contribution in [-0.4, -0.2) is 16.8 Å². The zero-order chi connectivity index (χ0) is 18.5. The molecule has 5 nitrogen and oxygen atoms in total. The van der Waals surface area contributed by atoms with Crippen molar-refractivity contribution in [2.45, 2.75) is 0 Å². The molecule has 1 aromatic heterocycles. The Kier molecular flexibility index (Phi) is 4.98. The molecular weight excluding hydrogens is 340 g/mol. The Morgan fingerprint density at radius 2 is 1.31 bits per heavy atom. The Morgan fingerprint density at radius 1 is 0.769 bits per heavy atom. The molecule has 0 spiro atoms. The Morgan fingerprint density at radius 3 is 1.85 bits per heavy atom. The molecule has 0 bridgehead atoms. The Labute approximate surface area is 147 Å². The van der Waals surface area contributed by atoms with Gasteiger partial charge in [0.25, 0.3) is 11.8 Å². The first-order valence-electron chi connectivity index (χ1n) is 7.61. The normalized spacial score (nSPS) is 10.2. The highest BCUT2D eigenvalue weighted by atomic mass is 19.1. The van der Waals surface area contributed by atoms with Gasteiger partial charge in [0, 0.05) is 17.3 Å². The predicted octanol–water partition coefficient (Wildman–Crippen LogP) is 3.86. The van der Waals surface area contributed by atoms with Crippen molar-refractivity contribution >= 4 is 23.2 Å². The number of nitrogens with zero attached hydrogens (tertiary/aromatic N) is 1. The van der Waals surface area contributed by atoms with Gasteiger partial charge < -0.3 is 10.6 Å². The van der Waals surface area contributed by atoms with E-state index in [1.54, 1.807) is 0 Å². The van der Waals surface area contributed by atoms with Crippen LogP contribution in [0.1, 0.15) is 20.7 Å². The quantitative estimate of drug-likeness (QED) is 0.748. The fourth-order valence-corrected chi connectivity index (χ4v) is 2.25. The molecular formula is C19H13F2N3O2. The standard InChI is InChI=1S/C19H13F2N3O2/c20-14-5-1-3-12(9-14)18(25)23-16-7-8-22-11-17(16)24-19(26)13-4-2-6-15(21)10-13/h1-11H,(H,24,26)(H,22,23,25). The van der Waals surface area contributed by atoms with Crippen molar-refractivity contribution in [1.82, 2.24) is 4.98 Å². The summed E-state index contributed by atoms with van der Waals surface area (Å²) in [5.74, 6) is -2.17. The van der Waals surface area contributed by atoms with Crippen LogP contribution >= 0.6 is 0 Å². The number of pyridine rings is 1. The van der Waals surface area contributed by atoms with Crippen LogP contribution in [0.15, 0.2) is 67.0 Å². The molecule has 0 aliphatic carbocycles. The van der Waals surface area contributed by atoms with Crippen LogP contribution in [0.25, 0.3) is 0 Å². The first-order chi connectivity index (χ1) is 12.5. The Hall–Kier alpha value is -3.61. The minimum atomic E-state index is -0.557. The summed E-state index contributed by atoms with van der Waals surface area (Å²) in [4.78, 5) is 28.4. The van der Waals surface area contributed by atoms with Crippen LogP contribution < -0.4 is 10.6 Å². The second-order valence-corrected chi connectivity index (χ2v) is 5.35. The summed E-state index contributed by atoms with van der Waals surface area (Å²) in [6.45, 7) is 0. The monoisotopic (exact) mass is 353 g/mol. The van der Waals surface area contributed by atoms with E-state index in [4.69, 9.17) is 0 Å². The minimum absolute atomic E-state index is 0.122. The number of anilines is 2. The molecule has 2 aromatic carbocycles. The highest BCUT2D eigenvalue weighted by Crippen LogP contribution is 2.21. The van der Waals surface area contributed by atoms with E-state index in [-0.39, 0.29) is 22.5 Å². The lowest BCUT2D eigenvalue weighted by Crippen LogP contribution is -2.17. The Bertz CT molecular complexity index is 898. The van der Waals surface area contributed by atoms with Gasteiger partial charge in [-0.25, -0.2) is 8.78 Å². The highest BCUT2D eigenvalue weighted by molar-refractivity contribution is 6.09. The third kappa shape index (κ3) is 4.07. The number of hydrogen-bond acceptors (Lipinski definition) is 3. The van der Waals surface area contributed by atoms with Gasteiger partial charge in [-0.15, -0.1) is 0 Å². The summed E-state index contributed by atoms with van der Waals surface area (Å²) in [7, 11) is 0. The summed E-state index contributed by atoms with van der Waals surface area (Å²) in [6, 6.07) is 11.9. The fourth-order valence-electron chi connectivity index (χ4n) is 2.25. The number of aromatic nitrogens is 1. The maximum Gasteiger partial charge on any atom is 0.255 e. The summed E-state index contributed by atoms with van der Waals surface area (Å²) >= 11 is 0. The van der Waals surface area contributed by atoms with Crippen molar-refractivity contribution in [1.29, 1.82) is 0 Å². The van der Waals surface area contributed by atoms with Crippen molar-refractivity contribution in [2.24, 2.45) is 0 Å². The predicted molar refractivity (Wildman–Crippen MR) is 92.9 cm³/mol. The molecule has 26 heavy (non-hydrogen) atoms. The van der Waals surface area contributed by atoms with E-state index in [0.717, 1.165) is 12.1 Å². The molecule has 0 fully saturated rings. The number of carbonyl (C=O) groups excluding carboxylic acids is 2. The lowest BCUT2D eigenvalue weighted by molar-refractivity contribution is 0.101. The number of amides is 2. The minimum Gasteiger partial charge on any atom is -0.320 e. The number of halogens is 2. The number of nitrogens with one attached hydrogen (secondary N) is 2. The molecule has 7 heteroatoms. The summed E-state index contributed by atoms with van der Waals surface area (Å²) in [5, 5.41) is 5.15. The number of benzene rings is 2. The van der Waals surface area contributed by atoms with Crippen LogP contribution in [0.3, 0.4) is 0 Å². The van der Waals surface area contributed by atoms with Gasteiger partial charge in [-0.3, -0.25) is 14.6 Å². The SMILES string of the molecule is O=C(Nc1ccncc1NC(=O)c1cccc(F)c1)c1cccc(F)c1. The first kappa shape index (κ1) is 17.2. The molecule has 3 rings (SSSR count). The lowest BCUT2D eigenvalue weighted by Gasteiger charge is -2.12. The van der Waals surface area contributed by atoms with E-state index in [0.29, 0.717) is 0 Å². The van der Waals surface area contributed by atoms with Crippen LogP contribution in [-0.2, 0) is 0 Å². The summed E-state index contributed by atoms with van der Waals surface area (Å²) in [6.07, 6.45) is 2.78. The third-order valence-electron chi connectivity index (χ3n) is 3.49. The van der Waals surface area contributed by atoms with E-state index in [1.165, 1.54) is 54.9 Å². The molecule has 0 unspecified atom stereocenters. The van der Waals surface area contributed by atoms with Gasteiger partial charge >= 0.3 is 0 Å². The van der Waals surface area contributed by atoms with Gasteiger partial charge in [-0.05, 0) is 42.5 Å². The van der Waals surface area contributed by atoms with E-state index in [2.05, 4.69) is 15.6 Å². The molecule has 0 atom stereocenters. The third-order valence-corrected chi connectivity index (χ3v) is 3.49. The smallest absolute Gasteiger partial charge is 0.255 e. The van der Waals surface area contributed by atoms with Gasteiger partial charge in [-0.2, -0.15) is 0 Å². The highest BCUT2D eigenvalue weighted by Gasteiger charge is 2.13. The maximum absolute atomic E-state index is 13.3. The Balaban J connectivity index is 1.80. The molecule has 0 radical (unpaired) electrons. The van der Waals surface area contributed by atoms with Gasteiger partial charge in [-0.1, -0.05) is 12.1 Å². The average molecular weight is 353 g/mol. The molecule has 2 amide bonds. The van der Waals surface area contributed by atoms with Crippen molar-refractivity contribution < 1.29 is 18.4 Å². The van der Waals surface area contributed by atoms with Crippen molar-refractivity contribution in [2.75, 3.05) is 10.6 Å². The molecule has 0 aliphatic rings. The topological polar surface area (TPSA) is 71.1 Å². The largest absolute Gasteiger partial charge is 0.320 e. The van der Waals surface area contributed by atoms with E-state index in [9.17, 15) is 18.4 Å². The van der Waals surface area contributed by atoms with Crippen LogP contribution in [0.4, 0.5) is 20.2 Å². The summed E-state index contributed by atoms with van der Waals surface area (Å²) < 4.78 is 26.5. The van der Waals surface area contributed by atoms with Crippen molar-refractivity contribution in [3.05, 3.63) is 89.8 Å². The van der Waals surface area contributed by atoms with Crippen LogP contribution in [0.5, 0.6) is 0 Å². The van der Waals surface area contributed by atoms with Gasteiger partial charge in [0.05, 0.1) is 17.6 Å². The molecule has 3 aromatic rings. The molecule has 0 aliphatic heterocycles. The lowest BCUT2D eigenvalue weighted by atomic mass is 10.2. The zero-order valence-electron chi connectivity index (χ0n) is 13.4. The molecule has 0 saturated carbocycles. The molecule has 130 valence electrons. The second-order valence-electron chi connectivity index (χ2n) is 5.35. The molecule has 0 saturated heterocycles. The van der Waals surface area contributed by atoms with Crippen molar-refractivity contribution in [3.8, 4) is 0 Å². The number of hydrogen-bond donors (Lipinski definition) is 2. The molecule has 1 heterocycles. The van der Waals surface area contributed by atoms with Crippen LogP contribution in [0, 0.1) is 11.6 Å².